The molecule has 2 aromatic carbocycles. The Hall–Kier alpha value is -2.66. The van der Waals surface area contributed by atoms with Crippen molar-refractivity contribution >= 4 is 11.6 Å². The fraction of sp³-hybridized carbons (Fsp3) is 0.300. The Kier molecular flexibility index (Phi) is 4.48. The second kappa shape index (κ2) is 7.07. The van der Waals surface area contributed by atoms with E-state index in [1.165, 1.54) is 0 Å². The molecule has 0 saturated carbocycles. The fourth-order valence-corrected chi connectivity index (χ4v) is 3.23. The largest absolute Gasteiger partial charge is 0.382 e. The third-order valence-electron chi connectivity index (χ3n) is 4.60. The topological polar surface area (TPSA) is 51.1 Å². The van der Waals surface area contributed by atoms with Gasteiger partial charge in [-0.25, -0.2) is 0 Å². The highest BCUT2D eigenvalue weighted by Gasteiger charge is 2.35. The van der Waals surface area contributed by atoms with Crippen molar-refractivity contribution in [3.63, 3.8) is 0 Å². The number of oxime groups is 1. The van der Waals surface area contributed by atoms with E-state index in [2.05, 4.69) is 5.16 Å². The van der Waals surface area contributed by atoms with Gasteiger partial charge in [0.1, 0.15) is 6.10 Å². The van der Waals surface area contributed by atoms with Crippen molar-refractivity contribution < 1.29 is 14.4 Å². The quantitative estimate of drug-likeness (QED) is 0.866. The fourth-order valence-electron chi connectivity index (χ4n) is 3.23. The summed E-state index contributed by atoms with van der Waals surface area (Å²) in [5.74, 6) is -0.0149. The Bertz CT molecular complexity index is 761. The van der Waals surface area contributed by atoms with Gasteiger partial charge in [0.25, 0.3) is 5.91 Å². The van der Waals surface area contributed by atoms with E-state index >= 15 is 0 Å². The zero-order valence-corrected chi connectivity index (χ0v) is 13.9. The third kappa shape index (κ3) is 3.42. The molecule has 0 bridgehead atoms. The summed E-state index contributed by atoms with van der Waals surface area (Å²) in [6, 6.07) is 19.8. The number of nitrogens with zero attached hydrogens (tertiary/aromatic N) is 2. The number of rotatable bonds is 3. The van der Waals surface area contributed by atoms with Crippen LogP contribution in [0.5, 0.6) is 0 Å². The van der Waals surface area contributed by atoms with Crippen LogP contribution in [0, 0.1) is 0 Å². The van der Waals surface area contributed by atoms with Gasteiger partial charge < -0.3 is 14.5 Å². The van der Waals surface area contributed by atoms with Crippen LogP contribution >= 0.6 is 0 Å². The smallest absolute Gasteiger partial charge is 0.267 e. The molecule has 0 unspecified atom stereocenters. The molecule has 5 heteroatoms. The SMILES string of the molecule is O=C([C@H]1CC(c2ccccc2)=NO1)N1CCO[C@H](c2ccccc2)C1. The Morgan fingerprint density at radius 2 is 1.76 bits per heavy atom. The summed E-state index contributed by atoms with van der Waals surface area (Å²) < 4.78 is 5.83. The molecule has 128 valence electrons. The molecule has 2 aliphatic rings. The Morgan fingerprint density at radius 1 is 1.04 bits per heavy atom. The van der Waals surface area contributed by atoms with Gasteiger partial charge >= 0.3 is 0 Å². The number of hydrogen-bond donors (Lipinski definition) is 0. The Morgan fingerprint density at radius 3 is 2.52 bits per heavy atom. The lowest BCUT2D eigenvalue weighted by atomic mass is 10.0. The molecular weight excluding hydrogens is 316 g/mol. The van der Waals surface area contributed by atoms with E-state index < -0.39 is 6.10 Å². The molecule has 0 radical (unpaired) electrons. The zero-order valence-electron chi connectivity index (χ0n) is 13.9. The number of morpholine rings is 1. The standard InChI is InChI=1S/C20H20N2O3/c23-20(18-13-17(21-25-18)15-7-3-1-4-8-15)22-11-12-24-19(14-22)16-9-5-2-6-10-16/h1-10,18-19H,11-14H2/t18-,19+/m1/s1. The molecule has 1 fully saturated rings. The second-order valence-corrected chi connectivity index (χ2v) is 6.26. The first-order valence-electron chi connectivity index (χ1n) is 8.55. The van der Waals surface area contributed by atoms with Crippen LogP contribution in [0.2, 0.25) is 0 Å². The zero-order chi connectivity index (χ0) is 17.1. The van der Waals surface area contributed by atoms with Crippen LogP contribution in [0.25, 0.3) is 0 Å². The van der Waals surface area contributed by atoms with Crippen LogP contribution in [0.15, 0.2) is 65.8 Å². The van der Waals surface area contributed by atoms with Gasteiger partial charge in [0, 0.05) is 13.0 Å². The summed E-state index contributed by atoms with van der Waals surface area (Å²) in [5.41, 5.74) is 2.92. The minimum atomic E-state index is -0.537. The molecule has 5 nitrogen and oxygen atoms in total. The van der Waals surface area contributed by atoms with Crippen molar-refractivity contribution in [3.8, 4) is 0 Å². The summed E-state index contributed by atoms with van der Waals surface area (Å²) in [5, 5.41) is 4.12. The van der Waals surface area contributed by atoms with Crippen molar-refractivity contribution in [1.29, 1.82) is 0 Å². The molecule has 2 atom stereocenters. The van der Waals surface area contributed by atoms with E-state index in [0.29, 0.717) is 26.1 Å². The van der Waals surface area contributed by atoms with Crippen LogP contribution in [-0.2, 0) is 14.4 Å². The normalized spacial score (nSPS) is 23.0. The minimum Gasteiger partial charge on any atom is -0.382 e. The van der Waals surface area contributed by atoms with Gasteiger partial charge in [0.05, 0.1) is 18.9 Å². The predicted octanol–water partition coefficient (Wildman–Crippen LogP) is 2.78. The number of hydrogen-bond acceptors (Lipinski definition) is 4. The van der Waals surface area contributed by atoms with E-state index in [1.54, 1.807) is 0 Å². The molecule has 1 amide bonds. The lowest BCUT2D eigenvalue weighted by Gasteiger charge is -2.34. The molecule has 0 spiro atoms. The molecule has 2 aliphatic heterocycles. The van der Waals surface area contributed by atoms with E-state index in [4.69, 9.17) is 9.57 Å². The highest BCUT2D eigenvalue weighted by Crippen LogP contribution is 2.24. The Balaban J connectivity index is 1.40. The van der Waals surface area contributed by atoms with Crippen molar-refractivity contribution in [2.45, 2.75) is 18.6 Å². The molecular formula is C20H20N2O3. The highest BCUT2D eigenvalue weighted by atomic mass is 16.6. The lowest BCUT2D eigenvalue weighted by molar-refractivity contribution is -0.149. The van der Waals surface area contributed by atoms with Crippen LogP contribution in [-0.4, -0.2) is 42.3 Å². The molecule has 4 rings (SSSR count). The van der Waals surface area contributed by atoms with Crippen molar-refractivity contribution in [2.75, 3.05) is 19.7 Å². The van der Waals surface area contributed by atoms with Gasteiger partial charge in [-0.15, -0.1) is 0 Å². The van der Waals surface area contributed by atoms with Gasteiger partial charge in [0.15, 0.2) is 0 Å². The van der Waals surface area contributed by atoms with Crippen LogP contribution in [0.3, 0.4) is 0 Å². The lowest BCUT2D eigenvalue weighted by Crippen LogP contribution is -2.46. The van der Waals surface area contributed by atoms with Gasteiger partial charge in [-0.2, -0.15) is 0 Å². The summed E-state index contributed by atoms with van der Waals surface area (Å²) in [6.07, 6.45) is -0.115. The highest BCUT2D eigenvalue weighted by molar-refractivity contribution is 6.04. The second-order valence-electron chi connectivity index (χ2n) is 6.26. The van der Waals surface area contributed by atoms with E-state index in [9.17, 15) is 4.79 Å². The maximum atomic E-state index is 12.8. The van der Waals surface area contributed by atoms with Crippen LogP contribution in [0.1, 0.15) is 23.7 Å². The first-order valence-corrected chi connectivity index (χ1v) is 8.55. The van der Waals surface area contributed by atoms with Gasteiger partial charge in [0.2, 0.25) is 6.10 Å². The van der Waals surface area contributed by atoms with Gasteiger partial charge in [-0.1, -0.05) is 65.8 Å². The van der Waals surface area contributed by atoms with E-state index in [0.717, 1.165) is 16.8 Å². The number of ether oxygens (including phenoxy) is 1. The monoisotopic (exact) mass is 336 g/mol. The summed E-state index contributed by atoms with van der Waals surface area (Å²) in [6.45, 7) is 1.66. The molecule has 0 N–H and O–H groups in total. The minimum absolute atomic E-state index is 0.0149. The average molecular weight is 336 g/mol. The van der Waals surface area contributed by atoms with Crippen molar-refractivity contribution in [2.24, 2.45) is 5.16 Å². The first-order chi connectivity index (χ1) is 12.3. The molecule has 25 heavy (non-hydrogen) atoms. The summed E-state index contributed by atoms with van der Waals surface area (Å²) in [4.78, 5) is 20.1. The van der Waals surface area contributed by atoms with Crippen LogP contribution in [0.4, 0.5) is 0 Å². The van der Waals surface area contributed by atoms with Crippen molar-refractivity contribution in [1.82, 2.24) is 4.90 Å². The average Bonchev–Trinajstić information content (AvgIpc) is 3.19. The maximum Gasteiger partial charge on any atom is 0.267 e. The molecule has 2 heterocycles. The predicted molar refractivity (Wildman–Crippen MR) is 94.2 cm³/mol. The number of carbonyl (C=O) groups is 1. The van der Waals surface area contributed by atoms with Crippen molar-refractivity contribution in [3.05, 3.63) is 71.8 Å². The van der Waals surface area contributed by atoms with E-state index in [-0.39, 0.29) is 12.0 Å². The van der Waals surface area contributed by atoms with E-state index in [1.807, 2.05) is 65.6 Å². The number of carbonyl (C=O) groups excluding carboxylic acids is 1. The number of benzene rings is 2. The maximum absolute atomic E-state index is 12.8. The summed E-state index contributed by atoms with van der Waals surface area (Å²) in [7, 11) is 0. The summed E-state index contributed by atoms with van der Waals surface area (Å²) >= 11 is 0. The van der Waals surface area contributed by atoms with Gasteiger partial charge in [-0.05, 0) is 11.1 Å². The molecule has 1 saturated heterocycles. The Labute approximate surface area is 146 Å². The van der Waals surface area contributed by atoms with Gasteiger partial charge in [-0.3, -0.25) is 4.79 Å². The molecule has 0 aliphatic carbocycles. The molecule has 0 aromatic heterocycles. The first kappa shape index (κ1) is 15.8. The number of amides is 1. The van der Waals surface area contributed by atoms with Crippen LogP contribution < -0.4 is 0 Å². The third-order valence-corrected chi connectivity index (χ3v) is 4.60. The molecule has 2 aromatic rings.